The highest BCUT2D eigenvalue weighted by Gasteiger charge is 2.23. The molecule has 1 nitrogen and oxygen atoms in total. The van der Waals surface area contributed by atoms with Gasteiger partial charge >= 0.3 is 0 Å². The van der Waals surface area contributed by atoms with Gasteiger partial charge in [0.2, 0.25) is 0 Å². The van der Waals surface area contributed by atoms with Gasteiger partial charge in [-0.15, -0.1) is 0 Å². The maximum Gasteiger partial charge on any atom is 0.143 e. The number of benzene rings is 10. The molecule has 0 spiro atoms. The van der Waals surface area contributed by atoms with E-state index in [-0.39, 0.29) is 0 Å². The number of fused-ring (bicyclic) bond motifs is 10. The number of furan rings is 1. The highest BCUT2D eigenvalue weighted by Crippen LogP contribution is 2.50. The quantitative estimate of drug-likeness (QED) is 0.138. The Kier molecular flexibility index (Phi) is 6.02. The van der Waals surface area contributed by atoms with Crippen LogP contribution in [0.4, 0.5) is 0 Å². The summed E-state index contributed by atoms with van der Waals surface area (Å²) in [5, 5.41) is 14.6. The first-order valence-corrected chi connectivity index (χ1v) is 17.6. The Hall–Kier alpha value is -6.70. The Morgan fingerprint density at radius 2 is 0.843 bits per heavy atom. The largest absolute Gasteiger partial charge is 0.455 e. The molecule has 10 aromatic carbocycles. The zero-order valence-corrected chi connectivity index (χ0v) is 27.7. The number of hydrogen-bond donors (Lipinski definition) is 0. The molecule has 0 aliphatic carbocycles. The highest BCUT2D eigenvalue weighted by atomic mass is 16.3. The van der Waals surface area contributed by atoms with Crippen molar-refractivity contribution in [2.75, 3.05) is 0 Å². The van der Waals surface area contributed by atoms with Gasteiger partial charge in [-0.2, -0.15) is 0 Å². The molecule has 1 heterocycles. The van der Waals surface area contributed by atoms with Gasteiger partial charge in [-0.05, 0) is 94.0 Å². The van der Waals surface area contributed by atoms with Crippen LogP contribution < -0.4 is 0 Å². The lowest BCUT2D eigenvalue weighted by Crippen LogP contribution is -1.94. The molecule has 51 heavy (non-hydrogen) atoms. The van der Waals surface area contributed by atoms with E-state index in [0.29, 0.717) is 0 Å². The third kappa shape index (κ3) is 4.09. The predicted molar refractivity (Wildman–Crippen MR) is 218 cm³/mol. The standard InChI is InChI=1S/C50H30O/c1-2-13-31(14-3-1)35-21-10-24-43-46(42-25-12-26-45-47(42)44-30-28-33-16-5-7-18-36(33)50(44)51-45)40-19-8-9-20-41(40)49(48(35)43)39-23-11-22-37-34-17-6-4-15-32(34)27-29-38(37)39/h1-30H. The first-order valence-electron chi connectivity index (χ1n) is 17.6. The van der Waals surface area contributed by atoms with Crippen molar-refractivity contribution in [3.05, 3.63) is 182 Å². The molecule has 0 amide bonds. The summed E-state index contributed by atoms with van der Waals surface area (Å²) in [6.45, 7) is 0. The van der Waals surface area contributed by atoms with Crippen LogP contribution in [0.1, 0.15) is 0 Å². The van der Waals surface area contributed by atoms with Gasteiger partial charge in [0.05, 0.1) is 0 Å². The van der Waals surface area contributed by atoms with Crippen molar-refractivity contribution in [3.63, 3.8) is 0 Å². The molecule has 0 N–H and O–H groups in total. The van der Waals surface area contributed by atoms with Crippen molar-refractivity contribution < 1.29 is 4.42 Å². The Balaban J connectivity index is 1.34. The summed E-state index contributed by atoms with van der Waals surface area (Å²) < 4.78 is 6.72. The summed E-state index contributed by atoms with van der Waals surface area (Å²) in [4.78, 5) is 0. The predicted octanol–water partition coefficient (Wildman–Crippen LogP) is 14.4. The second-order valence-electron chi connectivity index (χ2n) is 13.5. The zero-order valence-electron chi connectivity index (χ0n) is 27.7. The third-order valence-corrected chi connectivity index (χ3v) is 10.8. The molecule has 0 bridgehead atoms. The molecule has 1 aromatic heterocycles. The molecular weight excluding hydrogens is 617 g/mol. The van der Waals surface area contributed by atoms with E-state index in [2.05, 4.69) is 182 Å². The van der Waals surface area contributed by atoms with Crippen LogP contribution in [-0.4, -0.2) is 0 Å². The molecule has 0 atom stereocenters. The first kappa shape index (κ1) is 28.2. The van der Waals surface area contributed by atoms with Crippen molar-refractivity contribution in [1.82, 2.24) is 0 Å². The van der Waals surface area contributed by atoms with E-state index in [1.807, 2.05) is 0 Å². The molecule has 0 aliphatic heterocycles. The van der Waals surface area contributed by atoms with Gasteiger partial charge in [0.1, 0.15) is 11.2 Å². The summed E-state index contributed by atoms with van der Waals surface area (Å²) in [5.74, 6) is 0. The van der Waals surface area contributed by atoms with Crippen LogP contribution in [0.15, 0.2) is 186 Å². The van der Waals surface area contributed by atoms with Crippen molar-refractivity contribution >= 4 is 75.8 Å². The van der Waals surface area contributed by atoms with Crippen LogP contribution in [0.5, 0.6) is 0 Å². The van der Waals surface area contributed by atoms with E-state index < -0.39 is 0 Å². The van der Waals surface area contributed by atoms with Gasteiger partial charge in [-0.25, -0.2) is 0 Å². The first-order chi connectivity index (χ1) is 25.3. The number of rotatable bonds is 3. The minimum absolute atomic E-state index is 0.903. The van der Waals surface area contributed by atoms with Crippen molar-refractivity contribution in [2.24, 2.45) is 0 Å². The molecule has 11 rings (SSSR count). The van der Waals surface area contributed by atoms with Crippen LogP contribution in [0.3, 0.4) is 0 Å². The molecule has 0 radical (unpaired) electrons. The summed E-state index contributed by atoms with van der Waals surface area (Å²) in [7, 11) is 0. The molecule has 0 saturated carbocycles. The van der Waals surface area contributed by atoms with Gasteiger partial charge in [-0.3, -0.25) is 0 Å². The maximum absolute atomic E-state index is 6.72. The van der Waals surface area contributed by atoms with Gasteiger partial charge < -0.3 is 4.42 Å². The molecular formula is C50H30O. The fourth-order valence-corrected chi connectivity index (χ4v) is 8.68. The second-order valence-corrected chi connectivity index (χ2v) is 13.5. The molecule has 0 aliphatic rings. The molecule has 0 unspecified atom stereocenters. The molecule has 11 aromatic rings. The van der Waals surface area contributed by atoms with Crippen LogP contribution >= 0.6 is 0 Å². The van der Waals surface area contributed by atoms with Gasteiger partial charge in [0.15, 0.2) is 0 Å². The van der Waals surface area contributed by atoms with Crippen LogP contribution in [0.25, 0.3) is 109 Å². The lowest BCUT2D eigenvalue weighted by atomic mass is 9.81. The van der Waals surface area contributed by atoms with E-state index in [0.717, 1.165) is 27.3 Å². The van der Waals surface area contributed by atoms with Crippen LogP contribution in [0.2, 0.25) is 0 Å². The topological polar surface area (TPSA) is 13.1 Å². The maximum atomic E-state index is 6.72. The van der Waals surface area contributed by atoms with Crippen molar-refractivity contribution in [1.29, 1.82) is 0 Å². The SMILES string of the molecule is c1ccc(-c2cccc3c(-c4cccc5oc6c7ccccc7ccc6c45)c4ccccc4c(-c4cccc5c4ccc4ccccc45)c23)cc1. The van der Waals surface area contributed by atoms with Gasteiger partial charge in [-0.1, -0.05) is 170 Å². The normalized spacial score (nSPS) is 11.9. The molecule has 0 saturated heterocycles. The minimum Gasteiger partial charge on any atom is -0.455 e. The minimum atomic E-state index is 0.903. The van der Waals surface area contributed by atoms with E-state index in [1.165, 1.54) is 81.9 Å². The summed E-state index contributed by atoms with van der Waals surface area (Å²) in [6.07, 6.45) is 0. The number of hydrogen-bond acceptors (Lipinski definition) is 1. The summed E-state index contributed by atoms with van der Waals surface area (Å²) >= 11 is 0. The second kappa shape index (κ2) is 10.9. The average Bonchev–Trinajstić information content (AvgIpc) is 3.60. The third-order valence-electron chi connectivity index (χ3n) is 10.8. The highest BCUT2D eigenvalue weighted by molar-refractivity contribution is 6.30. The van der Waals surface area contributed by atoms with Gasteiger partial charge in [0, 0.05) is 16.2 Å². The monoisotopic (exact) mass is 646 g/mol. The zero-order chi connectivity index (χ0) is 33.5. The smallest absolute Gasteiger partial charge is 0.143 e. The summed E-state index contributed by atoms with van der Waals surface area (Å²) in [6, 6.07) is 66.3. The van der Waals surface area contributed by atoms with Crippen molar-refractivity contribution in [2.45, 2.75) is 0 Å². The Morgan fingerprint density at radius 1 is 0.275 bits per heavy atom. The van der Waals surface area contributed by atoms with E-state index in [9.17, 15) is 0 Å². The molecule has 236 valence electrons. The van der Waals surface area contributed by atoms with E-state index >= 15 is 0 Å². The average molecular weight is 647 g/mol. The fourth-order valence-electron chi connectivity index (χ4n) is 8.68. The molecule has 1 heteroatoms. The van der Waals surface area contributed by atoms with Gasteiger partial charge in [0.25, 0.3) is 0 Å². The Labute approximate surface area is 294 Å². The molecule has 0 fully saturated rings. The van der Waals surface area contributed by atoms with E-state index in [4.69, 9.17) is 4.42 Å². The fraction of sp³-hybridized carbons (Fsp3) is 0. The Bertz CT molecular complexity index is 3180. The van der Waals surface area contributed by atoms with Crippen molar-refractivity contribution in [3.8, 4) is 33.4 Å². The lowest BCUT2D eigenvalue weighted by Gasteiger charge is -2.21. The van der Waals surface area contributed by atoms with Crippen LogP contribution in [-0.2, 0) is 0 Å². The lowest BCUT2D eigenvalue weighted by molar-refractivity contribution is 0.673. The Morgan fingerprint density at radius 3 is 1.65 bits per heavy atom. The summed E-state index contributed by atoms with van der Waals surface area (Å²) in [5.41, 5.74) is 9.19. The van der Waals surface area contributed by atoms with E-state index in [1.54, 1.807) is 0 Å². The van der Waals surface area contributed by atoms with Crippen LogP contribution in [0, 0.1) is 0 Å².